The number of aromatic nitrogens is 2. The van der Waals surface area contributed by atoms with Gasteiger partial charge in [0.2, 0.25) is 5.91 Å². The molecule has 1 aliphatic rings. The van der Waals surface area contributed by atoms with Crippen LogP contribution in [0.2, 0.25) is 0 Å². The van der Waals surface area contributed by atoms with Crippen LogP contribution in [0, 0.1) is 22.5 Å². The Balaban J connectivity index is 2.21. The number of nitrogens with zero attached hydrogens (tertiary/aromatic N) is 3. The zero-order valence-corrected chi connectivity index (χ0v) is 14.6. The van der Waals surface area contributed by atoms with E-state index >= 15 is 0 Å². The van der Waals surface area contributed by atoms with E-state index in [0.29, 0.717) is 22.3 Å². The van der Waals surface area contributed by atoms with Crippen molar-refractivity contribution in [3.63, 3.8) is 0 Å². The van der Waals surface area contributed by atoms with Crippen LogP contribution in [0.1, 0.15) is 23.5 Å². The van der Waals surface area contributed by atoms with E-state index in [4.69, 9.17) is 6.42 Å². The molecule has 2 aromatic rings. The molecule has 0 spiro atoms. The van der Waals surface area contributed by atoms with E-state index in [9.17, 15) is 19.7 Å². The Morgan fingerprint density at radius 3 is 2.88 bits per heavy atom. The lowest BCUT2D eigenvalue weighted by atomic mass is 9.86. The average molecular weight is 370 g/mol. The number of hydrogen-bond donors (Lipinski definition) is 1. The predicted octanol–water partition coefficient (Wildman–Crippen LogP) is 1.89. The van der Waals surface area contributed by atoms with Gasteiger partial charge in [0, 0.05) is 31.0 Å². The highest BCUT2D eigenvalue weighted by atomic mass is 32.2. The normalized spacial score (nSPS) is 15.7. The molecule has 1 aromatic heterocycles. The Morgan fingerprint density at radius 1 is 1.46 bits per heavy atom. The number of anilines is 1. The maximum Gasteiger partial charge on any atom is 0.279 e. The lowest BCUT2D eigenvalue weighted by molar-refractivity contribution is -0.385. The summed E-state index contributed by atoms with van der Waals surface area (Å²) < 4.78 is 1.58. The number of rotatable bonds is 4. The highest BCUT2D eigenvalue weighted by Gasteiger charge is 2.35. The Kier molecular flexibility index (Phi) is 4.77. The summed E-state index contributed by atoms with van der Waals surface area (Å²) in [6.45, 7) is 0. The van der Waals surface area contributed by atoms with E-state index in [0.717, 1.165) is 0 Å². The number of hydrogen-bond acceptors (Lipinski definition) is 6. The first-order chi connectivity index (χ1) is 12.4. The van der Waals surface area contributed by atoms with Gasteiger partial charge in [-0.15, -0.1) is 6.42 Å². The second kappa shape index (κ2) is 7.01. The molecule has 3 rings (SSSR count). The third kappa shape index (κ3) is 3.07. The average Bonchev–Trinajstić information content (AvgIpc) is 2.62. The Morgan fingerprint density at radius 2 is 2.19 bits per heavy atom. The van der Waals surface area contributed by atoms with Crippen molar-refractivity contribution in [2.45, 2.75) is 17.5 Å². The third-order valence-electron chi connectivity index (χ3n) is 4.09. The van der Waals surface area contributed by atoms with Gasteiger partial charge < -0.3 is 9.88 Å². The fourth-order valence-corrected chi connectivity index (χ4v) is 3.63. The first-order valence-corrected chi connectivity index (χ1v) is 8.63. The fourth-order valence-electron chi connectivity index (χ4n) is 2.98. The van der Waals surface area contributed by atoms with Crippen LogP contribution in [0.4, 0.5) is 11.5 Å². The van der Waals surface area contributed by atoms with Crippen molar-refractivity contribution >= 4 is 29.2 Å². The molecule has 26 heavy (non-hydrogen) atoms. The van der Waals surface area contributed by atoms with Crippen LogP contribution >= 0.6 is 11.8 Å². The summed E-state index contributed by atoms with van der Waals surface area (Å²) >= 11 is 1.20. The van der Waals surface area contributed by atoms with Crippen molar-refractivity contribution in [3.05, 3.63) is 55.9 Å². The van der Waals surface area contributed by atoms with Crippen molar-refractivity contribution in [2.24, 2.45) is 7.05 Å². The van der Waals surface area contributed by atoms with Crippen LogP contribution in [-0.4, -0.2) is 26.1 Å². The van der Waals surface area contributed by atoms with Crippen LogP contribution in [0.25, 0.3) is 0 Å². The van der Waals surface area contributed by atoms with Gasteiger partial charge in [-0.3, -0.25) is 19.7 Å². The lowest BCUT2D eigenvalue weighted by Crippen LogP contribution is -2.33. The molecule has 1 aromatic carbocycles. The van der Waals surface area contributed by atoms with Crippen molar-refractivity contribution < 1.29 is 9.72 Å². The molecule has 1 unspecified atom stereocenters. The molecule has 8 nitrogen and oxygen atoms in total. The summed E-state index contributed by atoms with van der Waals surface area (Å²) in [5.74, 6) is 2.00. The van der Waals surface area contributed by atoms with Gasteiger partial charge in [0.1, 0.15) is 5.82 Å². The number of nitro benzene ring substituents is 1. The maximum absolute atomic E-state index is 12.7. The SMILES string of the molecule is C#CCSc1nc(=O)c2c(n1C)NC(=O)CC2c1ccccc1[N+](=O)[O-]. The summed E-state index contributed by atoms with van der Waals surface area (Å²) in [4.78, 5) is 39.8. The minimum atomic E-state index is -0.738. The Hall–Kier alpha value is -3.12. The van der Waals surface area contributed by atoms with Gasteiger partial charge >= 0.3 is 0 Å². The summed E-state index contributed by atoms with van der Waals surface area (Å²) in [5.41, 5.74) is -0.102. The first-order valence-electron chi connectivity index (χ1n) is 7.64. The fraction of sp³-hybridized carbons (Fsp3) is 0.235. The predicted molar refractivity (Wildman–Crippen MR) is 97.2 cm³/mol. The number of amides is 1. The van der Waals surface area contributed by atoms with Gasteiger partial charge in [0.05, 0.1) is 16.2 Å². The van der Waals surface area contributed by atoms with Gasteiger partial charge in [-0.2, -0.15) is 4.98 Å². The molecule has 132 valence electrons. The zero-order chi connectivity index (χ0) is 18.8. The largest absolute Gasteiger partial charge is 0.312 e. The molecule has 1 atom stereocenters. The maximum atomic E-state index is 12.7. The molecule has 9 heteroatoms. The van der Waals surface area contributed by atoms with E-state index in [-0.39, 0.29) is 23.6 Å². The quantitative estimate of drug-likeness (QED) is 0.290. The minimum absolute atomic E-state index is 0.0639. The molecule has 0 fully saturated rings. The zero-order valence-electron chi connectivity index (χ0n) is 13.8. The summed E-state index contributed by atoms with van der Waals surface area (Å²) in [5, 5.41) is 14.4. The van der Waals surface area contributed by atoms with E-state index < -0.39 is 16.4 Å². The van der Waals surface area contributed by atoms with Gasteiger partial charge in [0.15, 0.2) is 5.16 Å². The van der Waals surface area contributed by atoms with Crippen LogP contribution < -0.4 is 10.9 Å². The Bertz CT molecular complexity index is 1010. The molecular formula is C17H14N4O4S. The van der Waals surface area contributed by atoms with Crippen LogP contribution in [0.3, 0.4) is 0 Å². The van der Waals surface area contributed by atoms with Crippen LogP contribution in [0.15, 0.2) is 34.2 Å². The lowest BCUT2D eigenvalue weighted by Gasteiger charge is -2.27. The second-order valence-corrected chi connectivity index (χ2v) is 6.58. The Labute approximate surface area is 152 Å². The van der Waals surface area contributed by atoms with Gasteiger partial charge in [-0.1, -0.05) is 35.9 Å². The van der Waals surface area contributed by atoms with Crippen LogP contribution in [-0.2, 0) is 11.8 Å². The summed E-state index contributed by atoms with van der Waals surface area (Å²) in [7, 11) is 1.66. The monoisotopic (exact) mass is 370 g/mol. The topological polar surface area (TPSA) is 107 Å². The number of nitrogens with one attached hydrogen (secondary N) is 1. The van der Waals surface area contributed by atoms with Crippen molar-refractivity contribution in [2.75, 3.05) is 11.1 Å². The van der Waals surface area contributed by atoms with Crippen molar-refractivity contribution in [3.8, 4) is 12.3 Å². The van der Waals surface area contributed by atoms with E-state index in [1.54, 1.807) is 29.8 Å². The molecular weight excluding hydrogens is 356 g/mol. The van der Waals surface area contributed by atoms with Gasteiger partial charge in [-0.05, 0) is 0 Å². The van der Waals surface area contributed by atoms with Crippen molar-refractivity contribution in [1.82, 2.24) is 9.55 Å². The first kappa shape index (κ1) is 17.7. The van der Waals surface area contributed by atoms with Crippen LogP contribution in [0.5, 0.6) is 0 Å². The second-order valence-electron chi connectivity index (χ2n) is 5.63. The van der Waals surface area contributed by atoms with E-state index in [1.165, 1.54) is 17.8 Å². The molecule has 2 heterocycles. The molecule has 1 amide bonds. The smallest absolute Gasteiger partial charge is 0.279 e. The van der Waals surface area contributed by atoms with Gasteiger partial charge in [0.25, 0.3) is 11.2 Å². The number of para-hydroxylation sites is 1. The van der Waals surface area contributed by atoms with E-state index in [1.807, 2.05) is 0 Å². The minimum Gasteiger partial charge on any atom is -0.312 e. The molecule has 0 saturated heterocycles. The number of nitro groups is 1. The number of benzene rings is 1. The van der Waals surface area contributed by atoms with Gasteiger partial charge in [-0.25, -0.2) is 0 Å². The number of fused-ring (bicyclic) bond motifs is 1. The third-order valence-corrected chi connectivity index (χ3v) is 5.03. The molecule has 0 radical (unpaired) electrons. The molecule has 1 aliphatic heterocycles. The number of carbonyl (C=O) groups excluding carboxylic acids is 1. The van der Waals surface area contributed by atoms with Crippen molar-refractivity contribution in [1.29, 1.82) is 0 Å². The van der Waals surface area contributed by atoms with E-state index in [2.05, 4.69) is 16.2 Å². The molecule has 0 saturated carbocycles. The highest BCUT2D eigenvalue weighted by molar-refractivity contribution is 7.99. The molecule has 0 bridgehead atoms. The number of terminal acetylenes is 1. The number of carbonyl (C=O) groups is 1. The summed E-state index contributed by atoms with van der Waals surface area (Å²) in [6, 6.07) is 6.10. The highest BCUT2D eigenvalue weighted by Crippen LogP contribution is 2.39. The standard InChI is InChI=1S/C17H14N4O4S/c1-3-8-26-17-19-16(23)14-11(9-13(22)18-15(14)20(17)2)10-6-4-5-7-12(10)21(24)25/h1,4-7,11H,8-9H2,2H3,(H,18,22). The summed E-state index contributed by atoms with van der Waals surface area (Å²) in [6.07, 6.45) is 5.18. The molecule has 0 aliphatic carbocycles. The number of thioether (sulfide) groups is 1. The molecule has 1 N–H and O–H groups in total.